The standard InChI is InChI=1S/C11H19N3O5S/c1-9-7-10(13-19-9)14(20(3,16)17)8-11(15)12-5-4-6-18-2/h7H,4-6,8H2,1-3H3,(H,12,15). The van der Waals surface area contributed by atoms with Gasteiger partial charge in [0.15, 0.2) is 5.82 Å². The Morgan fingerprint density at radius 2 is 2.25 bits per heavy atom. The largest absolute Gasteiger partial charge is 0.385 e. The highest BCUT2D eigenvalue weighted by molar-refractivity contribution is 7.92. The van der Waals surface area contributed by atoms with E-state index in [-0.39, 0.29) is 12.4 Å². The van der Waals surface area contributed by atoms with Crippen molar-refractivity contribution in [1.82, 2.24) is 10.5 Å². The Kier molecular flexibility index (Phi) is 5.96. The van der Waals surface area contributed by atoms with Crippen molar-refractivity contribution in [2.24, 2.45) is 0 Å². The van der Waals surface area contributed by atoms with Gasteiger partial charge in [-0.25, -0.2) is 12.7 Å². The lowest BCUT2D eigenvalue weighted by Gasteiger charge is -2.18. The average molecular weight is 305 g/mol. The number of sulfonamides is 1. The number of aryl methyl sites for hydroxylation is 1. The minimum atomic E-state index is -3.61. The van der Waals surface area contributed by atoms with Crippen LogP contribution in [0.1, 0.15) is 12.2 Å². The fourth-order valence-electron chi connectivity index (χ4n) is 1.47. The number of amides is 1. The number of carbonyl (C=O) groups is 1. The predicted octanol–water partition coefficient (Wildman–Crippen LogP) is -0.0983. The summed E-state index contributed by atoms with van der Waals surface area (Å²) in [5.41, 5.74) is 0. The molecule has 8 nitrogen and oxygen atoms in total. The van der Waals surface area contributed by atoms with Gasteiger partial charge in [0.2, 0.25) is 15.9 Å². The summed E-state index contributed by atoms with van der Waals surface area (Å²) in [6.45, 7) is 2.25. The van der Waals surface area contributed by atoms with Crippen molar-refractivity contribution in [3.63, 3.8) is 0 Å². The van der Waals surface area contributed by atoms with Crippen LogP contribution in [0.25, 0.3) is 0 Å². The second-order valence-electron chi connectivity index (χ2n) is 4.26. The van der Waals surface area contributed by atoms with Gasteiger partial charge >= 0.3 is 0 Å². The molecule has 0 aliphatic rings. The molecule has 0 aliphatic carbocycles. The van der Waals surface area contributed by atoms with Crippen molar-refractivity contribution in [2.45, 2.75) is 13.3 Å². The number of nitrogens with zero attached hydrogens (tertiary/aromatic N) is 2. The quantitative estimate of drug-likeness (QED) is 0.673. The number of rotatable bonds is 8. The maximum Gasteiger partial charge on any atom is 0.240 e. The fraction of sp³-hybridized carbons (Fsp3) is 0.636. The Hall–Kier alpha value is -1.61. The van der Waals surface area contributed by atoms with Crippen LogP contribution in [0.5, 0.6) is 0 Å². The van der Waals surface area contributed by atoms with Gasteiger partial charge < -0.3 is 14.6 Å². The molecule has 1 heterocycles. The van der Waals surface area contributed by atoms with Crippen LogP contribution in [0.2, 0.25) is 0 Å². The van der Waals surface area contributed by atoms with Crippen LogP contribution in [0.4, 0.5) is 5.82 Å². The predicted molar refractivity (Wildman–Crippen MR) is 72.9 cm³/mol. The summed E-state index contributed by atoms with van der Waals surface area (Å²) in [5, 5.41) is 6.23. The topological polar surface area (TPSA) is 102 Å². The van der Waals surface area contributed by atoms with Crippen LogP contribution in [-0.4, -0.2) is 52.5 Å². The first-order chi connectivity index (χ1) is 9.34. The van der Waals surface area contributed by atoms with E-state index in [4.69, 9.17) is 9.26 Å². The van der Waals surface area contributed by atoms with E-state index in [1.165, 1.54) is 6.07 Å². The number of methoxy groups -OCH3 is 1. The zero-order chi connectivity index (χ0) is 15.2. The number of ether oxygens (including phenoxy) is 1. The van der Waals surface area contributed by atoms with Crippen LogP contribution in [0, 0.1) is 6.92 Å². The minimum absolute atomic E-state index is 0.0945. The molecule has 1 rings (SSSR count). The number of anilines is 1. The lowest BCUT2D eigenvalue weighted by atomic mass is 10.4. The van der Waals surface area contributed by atoms with Gasteiger partial charge in [0.1, 0.15) is 12.3 Å². The summed E-state index contributed by atoms with van der Waals surface area (Å²) in [7, 11) is -2.04. The van der Waals surface area contributed by atoms with Gasteiger partial charge in [-0.3, -0.25) is 4.79 Å². The molecule has 0 saturated heterocycles. The lowest BCUT2D eigenvalue weighted by molar-refractivity contribution is -0.119. The number of hydrogen-bond donors (Lipinski definition) is 1. The van der Waals surface area contributed by atoms with Crippen LogP contribution in [-0.2, 0) is 19.6 Å². The number of hydrogen-bond acceptors (Lipinski definition) is 6. The molecule has 0 bridgehead atoms. The SMILES string of the molecule is COCCCNC(=O)CN(c1cc(C)on1)S(C)(=O)=O. The molecule has 0 saturated carbocycles. The molecule has 0 spiro atoms. The third-order valence-corrected chi connectivity index (χ3v) is 3.52. The molecule has 0 radical (unpaired) electrons. The summed E-state index contributed by atoms with van der Waals surface area (Å²) in [6, 6.07) is 1.46. The molecular weight excluding hydrogens is 286 g/mol. The molecule has 20 heavy (non-hydrogen) atoms. The third kappa shape index (κ3) is 5.17. The van der Waals surface area contributed by atoms with E-state index < -0.39 is 15.9 Å². The van der Waals surface area contributed by atoms with E-state index >= 15 is 0 Å². The number of nitrogens with one attached hydrogen (secondary N) is 1. The van der Waals surface area contributed by atoms with E-state index in [2.05, 4.69) is 10.5 Å². The smallest absolute Gasteiger partial charge is 0.240 e. The Bertz CT molecular complexity index is 540. The molecule has 0 unspecified atom stereocenters. The second-order valence-corrected chi connectivity index (χ2v) is 6.17. The molecule has 1 aromatic heterocycles. The minimum Gasteiger partial charge on any atom is -0.385 e. The number of carbonyl (C=O) groups excluding carboxylic acids is 1. The molecule has 0 aliphatic heterocycles. The van der Waals surface area contributed by atoms with Crippen LogP contribution in [0.15, 0.2) is 10.6 Å². The van der Waals surface area contributed by atoms with E-state index in [0.29, 0.717) is 25.3 Å². The summed E-state index contributed by atoms with van der Waals surface area (Å²) >= 11 is 0. The van der Waals surface area contributed by atoms with Crippen molar-refractivity contribution in [1.29, 1.82) is 0 Å². The first-order valence-corrected chi connectivity index (χ1v) is 7.86. The summed E-state index contributed by atoms with van der Waals surface area (Å²) in [4.78, 5) is 11.7. The Morgan fingerprint density at radius 1 is 1.55 bits per heavy atom. The molecule has 9 heteroatoms. The maximum atomic E-state index is 11.7. The molecule has 1 amide bonds. The highest BCUT2D eigenvalue weighted by atomic mass is 32.2. The first kappa shape index (κ1) is 16.4. The molecular formula is C11H19N3O5S. The van der Waals surface area contributed by atoms with Crippen molar-refractivity contribution in [2.75, 3.05) is 37.4 Å². The van der Waals surface area contributed by atoms with E-state index in [1.54, 1.807) is 14.0 Å². The molecule has 0 atom stereocenters. The fourth-order valence-corrected chi connectivity index (χ4v) is 2.25. The highest BCUT2D eigenvalue weighted by Gasteiger charge is 2.23. The van der Waals surface area contributed by atoms with Crippen molar-refractivity contribution in [3.8, 4) is 0 Å². The Morgan fingerprint density at radius 3 is 2.75 bits per heavy atom. The summed E-state index contributed by atoms with van der Waals surface area (Å²) in [6.07, 6.45) is 1.67. The lowest BCUT2D eigenvalue weighted by Crippen LogP contribution is -2.41. The van der Waals surface area contributed by atoms with Gasteiger partial charge in [0, 0.05) is 26.3 Å². The Labute approximate surface area is 118 Å². The zero-order valence-corrected chi connectivity index (χ0v) is 12.6. The third-order valence-electron chi connectivity index (χ3n) is 2.41. The molecule has 1 N–H and O–H groups in total. The van der Waals surface area contributed by atoms with Gasteiger partial charge in [0.25, 0.3) is 0 Å². The zero-order valence-electron chi connectivity index (χ0n) is 11.7. The normalized spacial score (nSPS) is 11.3. The van der Waals surface area contributed by atoms with E-state index in [9.17, 15) is 13.2 Å². The molecule has 0 aromatic carbocycles. The highest BCUT2D eigenvalue weighted by Crippen LogP contribution is 2.16. The van der Waals surface area contributed by atoms with Gasteiger partial charge in [-0.05, 0) is 13.3 Å². The Balaban J connectivity index is 2.65. The van der Waals surface area contributed by atoms with Crippen LogP contribution >= 0.6 is 0 Å². The van der Waals surface area contributed by atoms with Gasteiger partial charge in [-0.15, -0.1) is 0 Å². The average Bonchev–Trinajstić information content (AvgIpc) is 2.76. The van der Waals surface area contributed by atoms with Crippen LogP contribution in [0.3, 0.4) is 0 Å². The van der Waals surface area contributed by atoms with Crippen LogP contribution < -0.4 is 9.62 Å². The second kappa shape index (κ2) is 7.25. The molecule has 1 aromatic rings. The summed E-state index contributed by atoms with van der Waals surface area (Å²) < 4.78 is 34.0. The first-order valence-electron chi connectivity index (χ1n) is 6.01. The van der Waals surface area contributed by atoms with Gasteiger partial charge in [0.05, 0.1) is 6.26 Å². The maximum absolute atomic E-state index is 11.7. The van der Waals surface area contributed by atoms with E-state index in [0.717, 1.165) is 10.6 Å². The van der Waals surface area contributed by atoms with Gasteiger partial charge in [-0.2, -0.15) is 0 Å². The van der Waals surface area contributed by atoms with Crippen molar-refractivity contribution >= 4 is 21.7 Å². The molecule has 0 fully saturated rings. The number of aromatic nitrogens is 1. The summed E-state index contributed by atoms with van der Waals surface area (Å²) in [5.74, 6) is 0.151. The molecule has 114 valence electrons. The van der Waals surface area contributed by atoms with Crippen molar-refractivity contribution in [3.05, 3.63) is 11.8 Å². The monoisotopic (exact) mass is 305 g/mol. The van der Waals surface area contributed by atoms with E-state index in [1.807, 2.05) is 0 Å². The van der Waals surface area contributed by atoms with Crippen molar-refractivity contribution < 1.29 is 22.5 Å². The van der Waals surface area contributed by atoms with Gasteiger partial charge in [-0.1, -0.05) is 5.16 Å².